The number of hydroxylamine groups is 2. The molecule has 0 heterocycles. The monoisotopic (exact) mass is 423 g/mol. The Hall–Kier alpha value is -0.650. The van der Waals surface area contributed by atoms with E-state index in [0.717, 1.165) is 43.8 Å². The van der Waals surface area contributed by atoms with Crippen molar-refractivity contribution in [2.45, 2.75) is 71.6 Å². The van der Waals surface area contributed by atoms with Crippen LogP contribution in [0.15, 0.2) is 0 Å². The van der Waals surface area contributed by atoms with Crippen molar-refractivity contribution >= 4 is 5.91 Å². The van der Waals surface area contributed by atoms with Crippen molar-refractivity contribution < 1.29 is 19.5 Å². The molecule has 30 heavy (non-hydrogen) atoms. The lowest BCUT2D eigenvalue weighted by molar-refractivity contribution is -0.183. The third kappa shape index (κ3) is 3.73. The first-order valence-corrected chi connectivity index (χ1v) is 12.1. The molecule has 1 amide bonds. The lowest BCUT2D eigenvalue weighted by atomic mass is 9.44. The van der Waals surface area contributed by atoms with Crippen LogP contribution in [-0.2, 0) is 14.4 Å². The summed E-state index contributed by atoms with van der Waals surface area (Å²) in [4.78, 5) is 18.3. The van der Waals surface area contributed by atoms with E-state index in [2.05, 4.69) is 13.8 Å². The fraction of sp³-hybridized carbons (Fsp3) is 0.960. The molecule has 8 unspecified atom stereocenters. The predicted octanol–water partition coefficient (Wildman–Crippen LogP) is 4.54. The Balaban J connectivity index is 0.00000124. The van der Waals surface area contributed by atoms with Gasteiger partial charge in [0.2, 0.25) is 5.91 Å². The van der Waals surface area contributed by atoms with Gasteiger partial charge in [-0.1, -0.05) is 20.3 Å². The quantitative estimate of drug-likeness (QED) is 0.675. The molecular formula is C25H45NO4. The lowest BCUT2D eigenvalue weighted by Gasteiger charge is -2.61. The first kappa shape index (κ1) is 24.0. The second kappa shape index (κ2) is 9.46. The van der Waals surface area contributed by atoms with Crippen LogP contribution in [0.5, 0.6) is 0 Å². The summed E-state index contributed by atoms with van der Waals surface area (Å²) in [6.07, 6.45) is 11.6. The zero-order valence-corrected chi connectivity index (χ0v) is 20.2. The van der Waals surface area contributed by atoms with Gasteiger partial charge < -0.3 is 9.84 Å². The van der Waals surface area contributed by atoms with Crippen molar-refractivity contribution in [3.05, 3.63) is 0 Å². The van der Waals surface area contributed by atoms with Crippen LogP contribution in [0.2, 0.25) is 0 Å². The van der Waals surface area contributed by atoms with Gasteiger partial charge in [-0.3, -0.25) is 9.63 Å². The number of ether oxygens (including phenoxy) is 1. The molecule has 0 aromatic heterocycles. The third-order valence-corrected chi connectivity index (χ3v) is 9.92. The Morgan fingerprint density at radius 1 is 1.03 bits per heavy atom. The van der Waals surface area contributed by atoms with Gasteiger partial charge in [0.15, 0.2) is 0 Å². The highest BCUT2D eigenvalue weighted by Gasteiger charge is 2.62. The highest BCUT2D eigenvalue weighted by molar-refractivity contribution is 5.79. The van der Waals surface area contributed by atoms with E-state index in [-0.39, 0.29) is 17.2 Å². The van der Waals surface area contributed by atoms with Crippen LogP contribution in [0.4, 0.5) is 0 Å². The minimum Gasteiger partial charge on any atom is -0.400 e. The van der Waals surface area contributed by atoms with Crippen LogP contribution < -0.4 is 0 Å². The summed E-state index contributed by atoms with van der Waals surface area (Å²) in [6, 6.07) is 0. The minimum atomic E-state index is 0.130. The highest BCUT2D eigenvalue weighted by Crippen LogP contribution is 2.68. The van der Waals surface area contributed by atoms with Gasteiger partial charge in [0.25, 0.3) is 0 Å². The van der Waals surface area contributed by atoms with E-state index in [1.54, 1.807) is 14.2 Å². The SMILES string of the molecule is CO.COCC12CCC(C)CC1CCC1C3CCC(C(=O)N(C)OC)C3(C)CCC12. The second-order valence-electron chi connectivity index (χ2n) is 10.9. The molecule has 0 aromatic carbocycles. The van der Waals surface area contributed by atoms with Crippen LogP contribution in [-0.4, -0.2) is 51.1 Å². The number of hydrogen-bond acceptors (Lipinski definition) is 4. The molecule has 0 aromatic rings. The average molecular weight is 424 g/mol. The van der Waals surface area contributed by atoms with Gasteiger partial charge in [-0.25, -0.2) is 5.06 Å². The van der Waals surface area contributed by atoms with E-state index in [1.807, 2.05) is 7.11 Å². The summed E-state index contributed by atoms with van der Waals surface area (Å²) in [7, 11) is 6.28. The number of methoxy groups -OCH3 is 1. The number of fused-ring (bicyclic) bond motifs is 5. The normalized spacial score (nSPS) is 44.8. The highest BCUT2D eigenvalue weighted by atomic mass is 16.7. The zero-order chi connectivity index (χ0) is 22.1. The number of aliphatic hydroxyl groups excluding tert-OH is 1. The predicted molar refractivity (Wildman–Crippen MR) is 119 cm³/mol. The zero-order valence-electron chi connectivity index (χ0n) is 20.2. The number of rotatable bonds is 4. The van der Waals surface area contributed by atoms with E-state index in [4.69, 9.17) is 14.7 Å². The number of aliphatic hydroxyl groups is 1. The molecule has 4 aliphatic rings. The fourth-order valence-corrected chi connectivity index (χ4v) is 8.53. The van der Waals surface area contributed by atoms with E-state index in [9.17, 15) is 4.79 Å². The molecule has 4 fully saturated rings. The maximum absolute atomic E-state index is 13.0. The maximum atomic E-state index is 13.0. The molecule has 174 valence electrons. The molecule has 0 aliphatic heterocycles. The summed E-state index contributed by atoms with van der Waals surface area (Å²) in [5, 5.41) is 8.47. The molecule has 1 N–H and O–H groups in total. The van der Waals surface area contributed by atoms with Crippen molar-refractivity contribution in [2.75, 3.05) is 35.0 Å². The van der Waals surface area contributed by atoms with Crippen LogP contribution in [0, 0.1) is 46.3 Å². The summed E-state index contributed by atoms with van der Waals surface area (Å²) < 4.78 is 5.89. The Kier molecular flexibility index (Phi) is 7.57. The van der Waals surface area contributed by atoms with Crippen LogP contribution in [0.3, 0.4) is 0 Å². The summed E-state index contributed by atoms with van der Waals surface area (Å²) in [5.41, 5.74) is 0.547. The average Bonchev–Trinajstić information content (AvgIpc) is 3.11. The molecule has 0 saturated heterocycles. The smallest absolute Gasteiger partial charge is 0.249 e. The standard InChI is InChI=1S/C24H41NO3.CH4O/c1-16-10-13-24(15-27-4)17(14-16)6-7-18-19-8-9-21(22(26)25(3)28-5)23(19,2)12-11-20(18)24;1-2/h16-21H,6-15H2,1-5H3;2H,1H3. The van der Waals surface area contributed by atoms with Crippen molar-refractivity contribution in [3.8, 4) is 0 Å². The van der Waals surface area contributed by atoms with Gasteiger partial charge in [-0.15, -0.1) is 0 Å². The van der Waals surface area contributed by atoms with Gasteiger partial charge in [0.05, 0.1) is 13.7 Å². The van der Waals surface area contributed by atoms with Gasteiger partial charge in [0, 0.05) is 27.2 Å². The van der Waals surface area contributed by atoms with Gasteiger partial charge in [0.1, 0.15) is 0 Å². The number of amides is 1. The fourth-order valence-electron chi connectivity index (χ4n) is 8.53. The second-order valence-corrected chi connectivity index (χ2v) is 10.9. The topological polar surface area (TPSA) is 59.0 Å². The molecule has 0 bridgehead atoms. The number of carbonyl (C=O) groups excluding carboxylic acids is 1. The van der Waals surface area contributed by atoms with Gasteiger partial charge in [-0.05, 0) is 91.8 Å². The van der Waals surface area contributed by atoms with Crippen molar-refractivity contribution in [3.63, 3.8) is 0 Å². The van der Waals surface area contributed by atoms with Crippen molar-refractivity contribution in [1.29, 1.82) is 0 Å². The lowest BCUT2D eigenvalue weighted by Crippen LogP contribution is -2.56. The van der Waals surface area contributed by atoms with Crippen molar-refractivity contribution in [1.82, 2.24) is 5.06 Å². The molecule has 8 atom stereocenters. The number of hydrogen-bond donors (Lipinski definition) is 1. The first-order chi connectivity index (χ1) is 14.4. The summed E-state index contributed by atoms with van der Waals surface area (Å²) in [5.74, 6) is 4.32. The van der Waals surface area contributed by atoms with Crippen LogP contribution >= 0.6 is 0 Å². The van der Waals surface area contributed by atoms with Crippen LogP contribution in [0.25, 0.3) is 0 Å². The number of nitrogens with zero attached hydrogens (tertiary/aromatic N) is 1. The van der Waals surface area contributed by atoms with E-state index < -0.39 is 0 Å². The van der Waals surface area contributed by atoms with Crippen molar-refractivity contribution in [2.24, 2.45) is 46.3 Å². The Bertz CT molecular complexity index is 598. The maximum Gasteiger partial charge on any atom is 0.249 e. The first-order valence-electron chi connectivity index (χ1n) is 12.1. The molecule has 4 saturated carbocycles. The minimum absolute atomic E-state index is 0.130. The van der Waals surface area contributed by atoms with Crippen LogP contribution in [0.1, 0.15) is 71.6 Å². The van der Waals surface area contributed by atoms with Gasteiger partial charge in [-0.2, -0.15) is 0 Å². The summed E-state index contributed by atoms with van der Waals surface area (Å²) >= 11 is 0. The molecular weight excluding hydrogens is 378 g/mol. The van der Waals surface area contributed by atoms with E-state index in [0.29, 0.717) is 11.3 Å². The van der Waals surface area contributed by atoms with E-state index >= 15 is 0 Å². The Labute approximate surface area is 183 Å². The molecule has 4 aliphatic carbocycles. The van der Waals surface area contributed by atoms with Gasteiger partial charge >= 0.3 is 0 Å². The molecule has 0 spiro atoms. The third-order valence-electron chi connectivity index (χ3n) is 9.92. The van der Waals surface area contributed by atoms with E-state index in [1.165, 1.54) is 56.4 Å². The Morgan fingerprint density at radius 3 is 2.43 bits per heavy atom. The molecule has 5 nitrogen and oxygen atoms in total. The molecule has 0 radical (unpaired) electrons. The molecule has 4 rings (SSSR count). The number of carbonyl (C=O) groups is 1. The summed E-state index contributed by atoms with van der Waals surface area (Å²) in [6.45, 7) is 5.81. The Morgan fingerprint density at radius 2 is 1.77 bits per heavy atom. The largest absolute Gasteiger partial charge is 0.400 e. The molecule has 5 heteroatoms.